The van der Waals surface area contributed by atoms with Crippen LogP contribution in [0.15, 0.2) is 42.5 Å². The van der Waals surface area contributed by atoms with Crippen LogP contribution in [0.1, 0.15) is 50.8 Å². The van der Waals surface area contributed by atoms with Crippen molar-refractivity contribution in [2.45, 2.75) is 52.1 Å². The van der Waals surface area contributed by atoms with Gasteiger partial charge in [-0.25, -0.2) is 9.59 Å². The molecule has 2 rings (SSSR count). The number of nitrogen functional groups attached to an aromatic ring is 1. The van der Waals surface area contributed by atoms with E-state index in [0.717, 1.165) is 5.56 Å². The summed E-state index contributed by atoms with van der Waals surface area (Å²) in [5.74, 6) is -1.07. The van der Waals surface area contributed by atoms with Gasteiger partial charge < -0.3 is 21.9 Å². The zero-order valence-corrected chi connectivity index (χ0v) is 18.4. The van der Waals surface area contributed by atoms with Crippen molar-refractivity contribution >= 4 is 29.2 Å². The van der Waals surface area contributed by atoms with Crippen molar-refractivity contribution in [1.82, 2.24) is 0 Å². The smallest absolute Gasteiger partial charge is 0.334 e. The summed E-state index contributed by atoms with van der Waals surface area (Å²) in [5.41, 5.74) is 12.9. The first-order valence-corrected chi connectivity index (χ1v) is 10.3. The lowest BCUT2D eigenvalue weighted by Crippen LogP contribution is -2.44. The predicted octanol–water partition coefficient (Wildman–Crippen LogP) is 3.63. The first-order chi connectivity index (χ1) is 14.6. The number of primary amides is 1. The molecule has 0 heterocycles. The summed E-state index contributed by atoms with van der Waals surface area (Å²) in [6, 6.07) is 11.3. The van der Waals surface area contributed by atoms with Gasteiger partial charge in [-0.05, 0) is 68.1 Å². The molecule has 2 amide bonds. The van der Waals surface area contributed by atoms with Gasteiger partial charge in [0.2, 0.25) is 0 Å². The van der Waals surface area contributed by atoms with Gasteiger partial charge in [0.15, 0.2) is 5.54 Å². The first kappa shape index (κ1) is 23.7. The number of nitrogens with two attached hydrogens (primary N) is 2. The number of hydrogen-bond acceptors (Lipinski definition) is 4. The molecule has 1 atom stereocenters. The molecule has 0 aliphatic heterocycles. The SMILES string of the molecule is CCc1cc(C(CC)(Nc2ccc(C(=N)N)cc2)C(=O)O)ccc1N(C(N)=O)C(C)C. The molecule has 8 nitrogen and oxygen atoms in total. The first-order valence-electron chi connectivity index (χ1n) is 10.3. The minimum absolute atomic E-state index is 0.0566. The number of carbonyl (C=O) groups is 2. The van der Waals surface area contributed by atoms with E-state index in [0.29, 0.717) is 28.9 Å². The normalized spacial score (nSPS) is 12.8. The van der Waals surface area contributed by atoms with Crippen molar-refractivity contribution in [3.05, 3.63) is 59.2 Å². The molecule has 0 aliphatic rings. The van der Waals surface area contributed by atoms with Gasteiger partial charge in [0.1, 0.15) is 5.84 Å². The largest absolute Gasteiger partial charge is 0.479 e. The van der Waals surface area contributed by atoms with E-state index in [4.69, 9.17) is 16.9 Å². The molecule has 1 unspecified atom stereocenters. The van der Waals surface area contributed by atoms with Crippen LogP contribution in [-0.4, -0.2) is 29.0 Å². The van der Waals surface area contributed by atoms with Crippen molar-refractivity contribution in [2.75, 3.05) is 10.2 Å². The van der Waals surface area contributed by atoms with Crippen LogP contribution in [-0.2, 0) is 16.8 Å². The van der Waals surface area contributed by atoms with Crippen LogP contribution in [0.5, 0.6) is 0 Å². The van der Waals surface area contributed by atoms with Gasteiger partial charge in [0, 0.05) is 23.0 Å². The number of anilines is 2. The van der Waals surface area contributed by atoms with E-state index in [1.165, 1.54) is 4.90 Å². The molecule has 31 heavy (non-hydrogen) atoms. The third-order valence-corrected chi connectivity index (χ3v) is 5.42. The minimum atomic E-state index is -1.38. The molecular formula is C23H31N5O3. The molecule has 0 saturated carbocycles. The van der Waals surface area contributed by atoms with Crippen molar-refractivity contribution in [3.63, 3.8) is 0 Å². The number of amidine groups is 1. The lowest BCUT2D eigenvalue weighted by molar-refractivity contribution is -0.142. The number of rotatable bonds is 9. The van der Waals surface area contributed by atoms with Gasteiger partial charge in [0.05, 0.1) is 0 Å². The summed E-state index contributed by atoms with van der Waals surface area (Å²) < 4.78 is 0. The van der Waals surface area contributed by atoms with Gasteiger partial charge in [-0.1, -0.05) is 26.0 Å². The summed E-state index contributed by atoms with van der Waals surface area (Å²) >= 11 is 0. The molecule has 0 aliphatic carbocycles. The third kappa shape index (κ3) is 4.79. The van der Waals surface area contributed by atoms with Crippen LogP contribution in [0.3, 0.4) is 0 Å². The molecule has 0 saturated heterocycles. The Balaban J connectivity index is 2.56. The average molecular weight is 426 g/mol. The molecule has 0 aromatic heterocycles. The van der Waals surface area contributed by atoms with Crippen LogP contribution in [0, 0.1) is 5.41 Å². The summed E-state index contributed by atoms with van der Waals surface area (Å²) in [7, 11) is 0. The van der Waals surface area contributed by atoms with E-state index in [2.05, 4.69) is 5.32 Å². The van der Waals surface area contributed by atoms with Crippen LogP contribution in [0.25, 0.3) is 0 Å². The molecule has 0 fully saturated rings. The van der Waals surface area contributed by atoms with E-state index in [-0.39, 0.29) is 18.3 Å². The minimum Gasteiger partial charge on any atom is -0.479 e. The Hall–Kier alpha value is -3.55. The number of carboxylic acid groups (broad SMARTS) is 1. The molecule has 0 spiro atoms. The number of nitrogens with zero attached hydrogens (tertiary/aromatic N) is 1. The van der Waals surface area contributed by atoms with Crippen LogP contribution in [0.4, 0.5) is 16.2 Å². The Labute approximate surface area is 182 Å². The van der Waals surface area contributed by atoms with Crippen LogP contribution >= 0.6 is 0 Å². The fourth-order valence-electron chi connectivity index (χ4n) is 3.69. The summed E-state index contributed by atoms with van der Waals surface area (Å²) in [6.45, 7) is 7.49. The van der Waals surface area contributed by atoms with Crippen molar-refractivity contribution in [1.29, 1.82) is 5.41 Å². The second kappa shape index (κ2) is 9.51. The Morgan fingerprint density at radius 1 is 1.13 bits per heavy atom. The number of nitrogens with one attached hydrogen (secondary N) is 2. The van der Waals surface area contributed by atoms with Gasteiger partial charge in [-0.15, -0.1) is 0 Å². The summed E-state index contributed by atoms with van der Waals surface area (Å²) in [6.07, 6.45) is 0.884. The molecule has 0 radical (unpaired) electrons. The lowest BCUT2D eigenvalue weighted by Gasteiger charge is -2.33. The highest BCUT2D eigenvalue weighted by Gasteiger charge is 2.39. The van der Waals surface area contributed by atoms with Gasteiger partial charge in [-0.2, -0.15) is 0 Å². The number of carbonyl (C=O) groups excluding carboxylic acids is 1. The van der Waals surface area contributed by atoms with E-state index in [1.54, 1.807) is 43.3 Å². The quantitative estimate of drug-likeness (QED) is 0.308. The van der Waals surface area contributed by atoms with E-state index >= 15 is 0 Å². The highest BCUT2D eigenvalue weighted by atomic mass is 16.4. The third-order valence-electron chi connectivity index (χ3n) is 5.42. The fraction of sp³-hybridized carbons (Fsp3) is 0.348. The van der Waals surface area contributed by atoms with Gasteiger partial charge in [0.25, 0.3) is 0 Å². The average Bonchev–Trinajstić information content (AvgIpc) is 2.72. The maximum absolute atomic E-state index is 12.5. The van der Waals surface area contributed by atoms with E-state index in [9.17, 15) is 14.7 Å². The van der Waals surface area contributed by atoms with Crippen molar-refractivity contribution < 1.29 is 14.7 Å². The number of aliphatic carboxylic acids is 1. The Morgan fingerprint density at radius 3 is 2.16 bits per heavy atom. The van der Waals surface area contributed by atoms with Crippen molar-refractivity contribution in [3.8, 4) is 0 Å². The second-order valence-corrected chi connectivity index (χ2v) is 7.68. The number of benzene rings is 2. The van der Waals surface area contributed by atoms with Crippen LogP contribution in [0.2, 0.25) is 0 Å². The van der Waals surface area contributed by atoms with Gasteiger partial charge >= 0.3 is 12.0 Å². The van der Waals surface area contributed by atoms with Crippen molar-refractivity contribution in [2.24, 2.45) is 11.5 Å². The summed E-state index contributed by atoms with van der Waals surface area (Å²) in [5, 5.41) is 20.9. The van der Waals surface area contributed by atoms with E-state index < -0.39 is 17.5 Å². The Morgan fingerprint density at radius 2 is 1.74 bits per heavy atom. The molecule has 2 aromatic carbocycles. The predicted molar refractivity (Wildman–Crippen MR) is 124 cm³/mol. The summed E-state index contributed by atoms with van der Waals surface area (Å²) in [4.78, 5) is 26.0. The molecule has 7 N–H and O–H groups in total. The molecule has 2 aromatic rings. The molecule has 8 heteroatoms. The zero-order valence-electron chi connectivity index (χ0n) is 18.4. The zero-order chi connectivity index (χ0) is 23.3. The lowest BCUT2D eigenvalue weighted by atomic mass is 9.85. The number of aryl methyl sites for hydroxylation is 1. The Bertz CT molecular complexity index is 972. The maximum Gasteiger partial charge on any atom is 0.334 e. The van der Waals surface area contributed by atoms with E-state index in [1.807, 2.05) is 26.8 Å². The molecule has 166 valence electrons. The monoisotopic (exact) mass is 425 g/mol. The highest BCUT2D eigenvalue weighted by Crippen LogP contribution is 2.34. The molecule has 0 bridgehead atoms. The second-order valence-electron chi connectivity index (χ2n) is 7.68. The van der Waals surface area contributed by atoms with Gasteiger partial charge in [-0.3, -0.25) is 10.3 Å². The topological polar surface area (TPSA) is 146 Å². The standard InChI is InChI=1S/C23H31N5O3/c1-5-15-13-17(9-12-19(15)28(14(3)4)22(26)31)23(6-2,21(29)30)27-18-10-7-16(8-11-18)20(24)25/h7-14,27H,5-6H2,1-4H3,(H3,24,25)(H2,26,31)(H,29,30). The number of urea groups is 1. The fourth-order valence-corrected chi connectivity index (χ4v) is 3.69. The highest BCUT2D eigenvalue weighted by molar-refractivity contribution is 5.95. The number of carboxylic acids is 1. The number of amides is 2. The molecular weight excluding hydrogens is 394 g/mol. The maximum atomic E-state index is 12.5. The Kier molecular flexibility index (Phi) is 7.28. The van der Waals surface area contributed by atoms with Crippen LogP contribution < -0.4 is 21.7 Å². The number of hydrogen-bond donors (Lipinski definition) is 5.